The average molecular weight is 248 g/mol. The van der Waals surface area contributed by atoms with Crippen molar-refractivity contribution < 1.29 is 0 Å². The van der Waals surface area contributed by atoms with E-state index in [0.29, 0.717) is 6.04 Å². The Morgan fingerprint density at radius 2 is 1.94 bits per heavy atom. The average Bonchev–Trinajstić information content (AvgIpc) is 2.30. The highest BCUT2D eigenvalue weighted by molar-refractivity contribution is 5.51. The maximum atomic E-state index is 5.87. The summed E-state index contributed by atoms with van der Waals surface area (Å²) >= 11 is 0. The van der Waals surface area contributed by atoms with Crippen LogP contribution in [-0.2, 0) is 6.42 Å². The standard InChI is InChI=1S/C16H28N2/c1-6-7-14(4)18(5)16-9-8-15(11-13(3)17)12(2)10-16/h8-10,13-14H,6-7,11,17H2,1-5H3. The van der Waals surface area contributed by atoms with Gasteiger partial charge in [0.15, 0.2) is 0 Å². The highest BCUT2D eigenvalue weighted by atomic mass is 15.1. The molecule has 18 heavy (non-hydrogen) atoms. The maximum absolute atomic E-state index is 5.87. The molecule has 1 rings (SSSR count). The third-order valence-electron chi connectivity index (χ3n) is 3.64. The van der Waals surface area contributed by atoms with Crippen LogP contribution in [0.2, 0.25) is 0 Å². The molecule has 0 fully saturated rings. The first-order chi connectivity index (χ1) is 8.45. The summed E-state index contributed by atoms with van der Waals surface area (Å²) in [5.41, 5.74) is 9.89. The largest absolute Gasteiger partial charge is 0.372 e. The molecule has 0 radical (unpaired) electrons. The van der Waals surface area contributed by atoms with Crippen LogP contribution in [0.1, 0.15) is 44.7 Å². The molecule has 1 aromatic rings. The molecule has 0 aliphatic carbocycles. The van der Waals surface area contributed by atoms with Gasteiger partial charge >= 0.3 is 0 Å². The van der Waals surface area contributed by atoms with Crippen molar-refractivity contribution in [2.75, 3.05) is 11.9 Å². The lowest BCUT2D eigenvalue weighted by atomic mass is 10.0. The Balaban J connectivity index is 2.83. The number of hydrogen-bond donors (Lipinski definition) is 1. The molecule has 102 valence electrons. The highest BCUT2D eigenvalue weighted by Crippen LogP contribution is 2.22. The number of nitrogens with zero attached hydrogens (tertiary/aromatic N) is 1. The van der Waals surface area contributed by atoms with Gasteiger partial charge in [0.2, 0.25) is 0 Å². The Hall–Kier alpha value is -1.02. The predicted molar refractivity (Wildman–Crippen MR) is 81.3 cm³/mol. The van der Waals surface area contributed by atoms with Gasteiger partial charge in [-0.25, -0.2) is 0 Å². The summed E-state index contributed by atoms with van der Waals surface area (Å²) in [6.45, 7) is 8.76. The van der Waals surface area contributed by atoms with Crippen molar-refractivity contribution in [1.29, 1.82) is 0 Å². The molecule has 2 heteroatoms. The normalized spacial score (nSPS) is 14.3. The molecule has 0 aromatic heterocycles. The minimum atomic E-state index is 0.228. The third kappa shape index (κ3) is 4.02. The molecule has 0 heterocycles. The van der Waals surface area contributed by atoms with Crippen molar-refractivity contribution in [1.82, 2.24) is 0 Å². The quantitative estimate of drug-likeness (QED) is 0.834. The second kappa shape index (κ2) is 6.79. The molecule has 0 spiro atoms. The number of aryl methyl sites for hydroxylation is 1. The molecule has 0 amide bonds. The molecule has 0 saturated carbocycles. The van der Waals surface area contributed by atoms with Gasteiger partial charge in [-0.3, -0.25) is 0 Å². The third-order valence-corrected chi connectivity index (χ3v) is 3.64. The lowest BCUT2D eigenvalue weighted by molar-refractivity contribution is 0.616. The highest BCUT2D eigenvalue weighted by Gasteiger charge is 2.10. The van der Waals surface area contributed by atoms with E-state index in [9.17, 15) is 0 Å². The number of hydrogen-bond acceptors (Lipinski definition) is 2. The first kappa shape index (κ1) is 15.0. The Morgan fingerprint density at radius 3 is 2.44 bits per heavy atom. The Morgan fingerprint density at radius 1 is 1.28 bits per heavy atom. The lowest BCUT2D eigenvalue weighted by Gasteiger charge is -2.27. The molecule has 0 aliphatic heterocycles. The summed E-state index contributed by atoms with van der Waals surface area (Å²) in [6, 6.07) is 7.55. The number of benzene rings is 1. The molecule has 0 saturated heterocycles. The minimum absolute atomic E-state index is 0.228. The van der Waals surface area contributed by atoms with Crippen molar-refractivity contribution in [2.24, 2.45) is 5.73 Å². The summed E-state index contributed by atoms with van der Waals surface area (Å²) in [5, 5.41) is 0. The van der Waals surface area contributed by atoms with Gasteiger partial charge < -0.3 is 10.6 Å². The van der Waals surface area contributed by atoms with Gasteiger partial charge in [0, 0.05) is 24.8 Å². The second-order valence-corrected chi connectivity index (χ2v) is 5.54. The smallest absolute Gasteiger partial charge is 0.0368 e. The van der Waals surface area contributed by atoms with E-state index in [2.05, 4.69) is 57.8 Å². The van der Waals surface area contributed by atoms with E-state index in [1.807, 2.05) is 0 Å². The van der Waals surface area contributed by atoms with Crippen molar-refractivity contribution >= 4 is 5.69 Å². The Kier molecular flexibility index (Phi) is 5.67. The minimum Gasteiger partial charge on any atom is -0.372 e. The summed E-state index contributed by atoms with van der Waals surface area (Å²) in [5.74, 6) is 0. The number of rotatable bonds is 6. The van der Waals surface area contributed by atoms with Crippen LogP contribution in [0.3, 0.4) is 0 Å². The van der Waals surface area contributed by atoms with E-state index in [1.54, 1.807) is 0 Å². The van der Waals surface area contributed by atoms with Gasteiger partial charge in [0.05, 0.1) is 0 Å². The van der Waals surface area contributed by atoms with Gasteiger partial charge in [0.1, 0.15) is 0 Å². The van der Waals surface area contributed by atoms with Gasteiger partial charge in [-0.1, -0.05) is 19.4 Å². The maximum Gasteiger partial charge on any atom is 0.0368 e. The summed E-state index contributed by atoms with van der Waals surface area (Å²) in [4.78, 5) is 2.37. The second-order valence-electron chi connectivity index (χ2n) is 5.54. The van der Waals surface area contributed by atoms with Crippen LogP contribution in [-0.4, -0.2) is 19.1 Å². The van der Waals surface area contributed by atoms with Crippen LogP contribution in [0.25, 0.3) is 0 Å². The first-order valence-electron chi connectivity index (χ1n) is 7.03. The molecule has 2 N–H and O–H groups in total. The summed E-state index contributed by atoms with van der Waals surface area (Å²) < 4.78 is 0. The molecule has 2 atom stereocenters. The molecule has 2 unspecified atom stereocenters. The SMILES string of the molecule is CCCC(C)N(C)c1ccc(CC(C)N)c(C)c1. The Labute approximate surface area is 112 Å². The molecular weight excluding hydrogens is 220 g/mol. The van der Waals surface area contributed by atoms with Gasteiger partial charge in [-0.05, 0) is 56.9 Å². The number of nitrogens with two attached hydrogens (primary N) is 1. The number of anilines is 1. The van der Waals surface area contributed by atoms with Gasteiger partial charge in [-0.2, -0.15) is 0 Å². The van der Waals surface area contributed by atoms with Crippen molar-refractivity contribution in [3.05, 3.63) is 29.3 Å². The molecule has 0 bridgehead atoms. The van der Waals surface area contributed by atoms with E-state index in [4.69, 9.17) is 5.73 Å². The van der Waals surface area contributed by atoms with Crippen molar-refractivity contribution in [3.8, 4) is 0 Å². The fourth-order valence-corrected chi connectivity index (χ4v) is 2.34. The van der Waals surface area contributed by atoms with Gasteiger partial charge in [0.25, 0.3) is 0 Å². The van der Waals surface area contributed by atoms with Crippen LogP contribution < -0.4 is 10.6 Å². The van der Waals surface area contributed by atoms with Crippen LogP contribution in [0.4, 0.5) is 5.69 Å². The fraction of sp³-hybridized carbons (Fsp3) is 0.625. The monoisotopic (exact) mass is 248 g/mol. The summed E-state index contributed by atoms with van der Waals surface area (Å²) in [6.07, 6.45) is 3.42. The topological polar surface area (TPSA) is 29.3 Å². The van der Waals surface area contributed by atoms with Crippen LogP contribution in [0.5, 0.6) is 0 Å². The molecule has 1 aromatic carbocycles. The van der Waals surface area contributed by atoms with E-state index < -0.39 is 0 Å². The van der Waals surface area contributed by atoms with Crippen LogP contribution >= 0.6 is 0 Å². The molecule has 2 nitrogen and oxygen atoms in total. The molecular formula is C16H28N2. The van der Waals surface area contributed by atoms with Crippen molar-refractivity contribution in [3.63, 3.8) is 0 Å². The van der Waals surface area contributed by atoms with E-state index in [1.165, 1.54) is 29.7 Å². The zero-order valence-corrected chi connectivity index (χ0v) is 12.5. The fourth-order valence-electron chi connectivity index (χ4n) is 2.34. The van der Waals surface area contributed by atoms with Crippen LogP contribution in [0, 0.1) is 6.92 Å². The van der Waals surface area contributed by atoms with E-state index >= 15 is 0 Å². The Bertz CT molecular complexity index is 371. The van der Waals surface area contributed by atoms with Crippen molar-refractivity contribution in [2.45, 2.75) is 59.0 Å². The first-order valence-corrected chi connectivity index (χ1v) is 7.03. The zero-order valence-electron chi connectivity index (χ0n) is 12.5. The lowest BCUT2D eigenvalue weighted by Crippen LogP contribution is -2.28. The van der Waals surface area contributed by atoms with Crippen LogP contribution in [0.15, 0.2) is 18.2 Å². The van der Waals surface area contributed by atoms with Gasteiger partial charge in [-0.15, -0.1) is 0 Å². The predicted octanol–water partition coefficient (Wildman–Crippen LogP) is 3.51. The van der Waals surface area contributed by atoms with E-state index in [-0.39, 0.29) is 6.04 Å². The zero-order chi connectivity index (χ0) is 13.7. The summed E-state index contributed by atoms with van der Waals surface area (Å²) in [7, 11) is 2.18. The van der Waals surface area contributed by atoms with E-state index in [0.717, 1.165) is 6.42 Å². The molecule has 0 aliphatic rings.